The molecule has 2 amide bonds. The zero-order valence-electron chi connectivity index (χ0n) is 21.4. The van der Waals surface area contributed by atoms with Gasteiger partial charge < -0.3 is 19.6 Å². The third kappa shape index (κ3) is 3.60. The first-order valence-electron chi connectivity index (χ1n) is 12.4. The van der Waals surface area contributed by atoms with E-state index in [1.54, 1.807) is 31.2 Å². The van der Waals surface area contributed by atoms with E-state index in [0.29, 0.717) is 30.8 Å². The van der Waals surface area contributed by atoms with Crippen LogP contribution in [-0.2, 0) is 34.7 Å². The lowest BCUT2D eigenvalue weighted by molar-refractivity contribution is -0.145. The standard InChI is InChI=1S/C27H29N3O7S/c1-4-29-21-10-6-5-9-20(21)27(26(29)34)22(24(32)25(33)30(27)16-18-8-7-15-37-18)23(31)17-11-13-19(14-12-17)38(35,36)28(2)3/h5-6,9-14,18,31H,4,7-8,15-16H2,1-3H3/t18-,27+/m1/s1. The normalized spacial score (nSPS) is 24.7. The quantitative estimate of drug-likeness (QED) is 0.339. The number of benzene rings is 2. The molecule has 2 fully saturated rings. The highest BCUT2D eigenvalue weighted by molar-refractivity contribution is 7.89. The van der Waals surface area contributed by atoms with E-state index in [-0.39, 0.29) is 28.7 Å². The molecule has 1 spiro atoms. The number of hydrogen-bond acceptors (Lipinski definition) is 7. The zero-order chi connectivity index (χ0) is 27.4. The number of carbonyl (C=O) groups is 3. The topological polar surface area (TPSA) is 125 Å². The zero-order valence-corrected chi connectivity index (χ0v) is 22.2. The summed E-state index contributed by atoms with van der Waals surface area (Å²) in [6.07, 6.45) is 1.13. The second-order valence-electron chi connectivity index (χ2n) is 9.69. The monoisotopic (exact) mass is 539 g/mol. The van der Waals surface area contributed by atoms with Crippen molar-refractivity contribution in [2.24, 2.45) is 0 Å². The van der Waals surface area contributed by atoms with Crippen molar-refractivity contribution in [2.45, 2.75) is 36.3 Å². The van der Waals surface area contributed by atoms with Crippen molar-refractivity contribution in [2.75, 3.05) is 38.7 Å². The van der Waals surface area contributed by atoms with Crippen LogP contribution in [0.1, 0.15) is 30.9 Å². The SMILES string of the molecule is CCN1C(=O)[C@@]2(C(=C(O)c3ccc(S(=O)(=O)N(C)C)cc3)C(=O)C(=O)N2C[C@H]2CCCO2)c2ccccc21. The van der Waals surface area contributed by atoms with Gasteiger partial charge in [-0.15, -0.1) is 0 Å². The summed E-state index contributed by atoms with van der Waals surface area (Å²) in [4.78, 5) is 44.1. The van der Waals surface area contributed by atoms with Crippen molar-refractivity contribution >= 4 is 39.1 Å². The van der Waals surface area contributed by atoms with E-state index in [2.05, 4.69) is 0 Å². The Hall–Kier alpha value is -3.54. The van der Waals surface area contributed by atoms with Crippen LogP contribution in [0.2, 0.25) is 0 Å². The minimum absolute atomic E-state index is 0.00737. The number of carbonyl (C=O) groups excluding carboxylic acids is 3. The molecule has 1 N–H and O–H groups in total. The van der Waals surface area contributed by atoms with E-state index in [1.165, 1.54) is 48.2 Å². The molecular formula is C27H29N3O7S. The lowest BCUT2D eigenvalue weighted by Gasteiger charge is -2.35. The molecule has 38 heavy (non-hydrogen) atoms. The number of amides is 2. The molecule has 11 heteroatoms. The van der Waals surface area contributed by atoms with E-state index in [0.717, 1.165) is 10.7 Å². The first-order valence-corrected chi connectivity index (χ1v) is 13.9. The van der Waals surface area contributed by atoms with Crippen LogP contribution in [0.4, 0.5) is 5.69 Å². The van der Waals surface area contributed by atoms with Gasteiger partial charge in [-0.1, -0.05) is 18.2 Å². The number of ketones is 1. The van der Waals surface area contributed by atoms with Crippen molar-refractivity contribution in [3.05, 3.63) is 65.2 Å². The van der Waals surface area contributed by atoms with Gasteiger partial charge in [-0.05, 0) is 50.1 Å². The van der Waals surface area contributed by atoms with Gasteiger partial charge in [-0.3, -0.25) is 14.4 Å². The number of likely N-dealkylation sites (tertiary alicyclic amines) is 1. The van der Waals surface area contributed by atoms with Crippen LogP contribution in [0.5, 0.6) is 0 Å². The Morgan fingerprint density at radius 1 is 1.11 bits per heavy atom. The fraction of sp³-hybridized carbons (Fsp3) is 0.370. The first kappa shape index (κ1) is 26.1. The minimum atomic E-state index is -3.73. The fourth-order valence-corrected chi connectivity index (χ4v) is 6.46. The third-order valence-electron chi connectivity index (χ3n) is 7.44. The number of aliphatic hydroxyl groups excluding tert-OH is 1. The van der Waals surface area contributed by atoms with E-state index >= 15 is 0 Å². The number of Topliss-reactive ketones (excluding diaryl/α,β-unsaturated/α-hetero) is 1. The number of ether oxygens (including phenoxy) is 1. The molecule has 0 bridgehead atoms. The molecule has 0 aliphatic carbocycles. The van der Waals surface area contributed by atoms with Gasteiger partial charge in [0.1, 0.15) is 5.76 Å². The fourth-order valence-electron chi connectivity index (χ4n) is 5.56. The largest absolute Gasteiger partial charge is 0.507 e. The Kier molecular flexibility index (Phi) is 6.41. The van der Waals surface area contributed by atoms with Crippen molar-refractivity contribution in [1.29, 1.82) is 0 Å². The van der Waals surface area contributed by atoms with E-state index in [4.69, 9.17) is 4.74 Å². The predicted octanol–water partition coefficient (Wildman–Crippen LogP) is 2.06. The molecule has 0 aromatic heterocycles. The molecule has 0 saturated carbocycles. The molecule has 10 nitrogen and oxygen atoms in total. The number of hydrogen-bond donors (Lipinski definition) is 1. The lowest BCUT2D eigenvalue weighted by Crippen LogP contribution is -2.53. The number of likely N-dealkylation sites (N-methyl/N-ethyl adjacent to an activating group) is 1. The van der Waals surface area contributed by atoms with Crippen LogP contribution in [0.25, 0.3) is 5.76 Å². The smallest absolute Gasteiger partial charge is 0.296 e. The van der Waals surface area contributed by atoms with Crippen molar-refractivity contribution < 1.29 is 32.6 Å². The summed E-state index contributed by atoms with van der Waals surface area (Å²) >= 11 is 0. The van der Waals surface area contributed by atoms with Gasteiger partial charge >= 0.3 is 0 Å². The Labute approximate surface area is 221 Å². The average Bonchev–Trinajstić information content (AvgIpc) is 3.57. The first-order chi connectivity index (χ1) is 18.1. The van der Waals surface area contributed by atoms with Gasteiger partial charge in [0, 0.05) is 44.9 Å². The lowest BCUT2D eigenvalue weighted by atomic mass is 9.81. The Morgan fingerprint density at radius 2 is 1.79 bits per heavy atom. The Balaban J connectivity index is 1.74. The van der Waals surface area contributed by atoms with Crippen LogP contribution in [0, 0.1) is 0 Å². The van der Waals surface area contributed by atoms with Gasteiger partial charge in [-0.2, -0.15) is 0 Å². The van der Waals surface area contributed by atoms with Gasteiger partial charge in [0.15, 0.2) is 5.54 Å². The molecule has 2 aromatic rings. The number of anilines is 1. The Bertz CT molecular complexity index is 1460. The van der Waals surface area contributed by atoms with Gasteiger partial charge in [0.2, 0.25) is 10.0 Å². The number of nitrogens with zero attached hydrogens (tertiary/aromatic N) is 3. The highest BCUT2D eigenvalue weighted by Crippen LogP contribution is 2.53. The molecule has 3 aliphatic heterocycles. The van der Waals surface area contributed by atoms with E-state index in [9.17, 15) is 27.9 Å². The summed E-state index contributed by atoms with van der Waals surface area (Å²) in [7, 11) is -0.923. The van der Waals surface area contributed by atoms with Gasteiger partial charge in [0.25, 0.3) is 17.6 Å². The second-order valence-corrected chi connectivity index (χ2v) is 11.8. The van der Waals surface area contributed by atoms with Gasteiger partial charge in [0.05, 0.1) is 22.3 Å². The molecule has 0 unspecified atom stereocenters. The summed E-state index contributed by atoms with van der Waals surface area (Å²) in [5.41, 5.74) is -1.12. The van der Waals surface area contributed by atoms with E-state index < -0.39 is 38.9 Å². The minimum Gasteiger partial charge on any atom is -0.507 e. The summed E-state index contributed by atoms with van der Waals surface area (Å²) < 4.78 is 31.8. The molecule has 2 atom stereocenters. The maximum Gasteiger partial charge on any atom is 0.296 e. The van der Waals surface area contributed by atoms with Crippen LogP contribution < -0.4 is 4.90 Å². The predicted molar refractivity (Wildman–Crippen MR) is 139 cm³/mol. The Morgan fingerprint density at radius 3 is 2.39 bits per heavy atom. The van der Waals surface area contributed by atoms with Crippen LogP contribution in [0.3, 0.4) is 0 Å². The molecule has 3 heterocycles. The van der Waals surface area contributed by atoms with Crippen LogP contribution in [-0.4, -0.2) is 80.2 Å². The summed E-state index contributed by atoms with van der Waals surface area (Å²) in [6, 6.07) is 12.3. The van der Waals surface area contributed by atoms with E-state index in [1.807, 2.05) is 0 Å². The molecule has 5 rings (SSSR count). The molecular weight excluding hydrogens is 510 g/mol. The number of aliphatic hydroxyl groups is 1. The number of rotatable bonds is 6. The molecule has 3 aliphatic rings. The van der Waals surface area contributed by atoms with Crippen molar-refractivity contribution in [1.82, 2.24) is 9.21 Å². The number of fused-ring (bicyclic) bond motifs is 2. The number of sulfonamides is 1. The maximum absolute atomic E-state index is 14.2. The van der Waals surface area contributed by atoms with Gasteiger partial charge in [-0.25, -0.2) is 12.7 Å². The highest BCUT2D eigenvalue weighted by Gasteiger charge is 2.67. The molecule has 0 radical (unpaired) electrons. The second kappa shape index (κ2) is 9.33. The summed E-state index contributed by atoms with van der Waals surface area (Å²) in [5.74, 6) is -2.93. The highest BCUT2D eigenvalue weighted by atomic mass is 32.2. The van der Waals surface area contributed by atoms with Crippen LogP contribution in [0.15, 0.2) is 59.0 Å². The third-order valence-corrected chi connectivity index (χ3v) is 9.27. The van der Waals surface area contributed by atoms with Crippen molar-refractivity contribution in [3.63, 3.8) is 0 Å². The average molecular weight is 540 g/mol. The summed E-state index contributed by atoms with van der Waals surface area (Å²) in [6.45, 7) is 2.62. The molecule has 200 valence electrons. The van der Waals surface area contributed by atoms with Crippen LogP contribution >= 0.6 is 0 Å². The number of para-hydroxylation sites is 1. The van der Waals surface area contributed by atoms with Crippen molar-refractivity contribution in [3.8, 4) is 0 Å². The summed E-state index contributed by atoms with van der Waals surface area (Å²) in [5, 5.41) is 11.5. The maximum atomic E-state index is 14.2. The molecule has 2 aromatic carbocycles. The molecule has 2 saturated heterocycles.